The Bertz CT molecular complexity index is 2660. The molecule has 22 nitrogen and oxygen atoms in total. The maximum atomic E-state index is 14.4. The van der Waals surface area contributed by atoms with Crippen molar-refractivity contribution < 1.29 is 67.8 Å². The van der Waals surface area contributed by atoms with E-state index in [0.717, 1.165) is 32.8 Å². The minimum absolute atomic E-state index is 0.0773. The number of aliphatic hydroxyl groups is 3. The number of esters is 1. The molecule has 410 valence electrons. The third-order valence-electron chi connectivity index (χ3n) is 14.4. The van der Waals surface area contributed by atoms with Gasteiger partial charge in [0.15, 0.2) is 17.6 Å². The van der Waals surface area contributed by atoms with Crippen molar-refractivity contribution in [1.82, 2.24) is 35.5 Å². The fourth-order valence-electron chi connectivity index (χ4n) is 9.50. The summed E-state index contributed by atoms with van der Waals surface area (Å²) in [5.41, 5.74) is 3.34. The molecule has 75 heavy (non-hydrogen) atoms. The van der Waals surface area contributed by atoms with Crippen molar-refractivity contribution in [2.75, 3.05) is 53.9 Å². The van der Waals surface area contributed by atoms with Gasteiger partial charge in [-0.05, 0) is 76.6 Å². The summed E-state index contributed by atoms with van der Waals surface area (Å²) in [6.45, 7) is 7.52. The van der Waals surface area contributed by atoms with Gasteiger partial charge in [0.05, 0.1) is 31.9 Å². The van der Waals surface area contributed by atoms with Gasteiger partial charge in [0.25, 0.3) is 5.91 Å². The lowest BCUT2D eigenvalue weighted by atomic mass is 9.83. The van der Waals surface area contributed by atoms with Crippen LogP contribution in [0.25, 0.3) is 11.0 Å². The highest BCUT2D eigenvalue weighted by atomic mass is 35.5. The molecule has 3 aromatic rings. The molecule has 0 spiro atoms. The second kappa shape index (κ2) is 24.8. The van der Waals surface area contributed by atoms with E-state index < -0.39 is 96.0 Å². The molecule has 1 aromatic carbocycles. The fourth-order valence-corrected chi connectivity index (χ4v) is 9.81. The van der Waals surface area contributed by atoms with E-state index in [1.807, 2.05) is 54.9 Å². The van der Waals surface area contributed by atoms with Crippen molar-refractivity contribution in [3.63, 3.8) is 0 Å². The van der Waals surface area contributed by atoms with E-state index in [2.05, 4.69) is 21.0 Å². The topological polar surface area (TPSA) is 276 Å². The number of hydrazine groups is 1. The number of aromatic nitrogens is 2. The zero-order valence-corrected chi connectivity index (χ0v) is 44.9. The number of hydrogen-bond donors (Lipinski definition) is 6. The van der Waals surface area contributed by atoms with E-state index in [9.17, 15) is 44.1 Å². The standard InChI is InChI=1S/C52H71ClN8O14/c1-29-14-11-17-39(72-10)52(70)27-38(73-50(69)57-52)30(2)46-51(4,75-46)40(26-42(64)60(8)35-23-32(22-29)24-37(71-9)43(35)53)74-49(68)31(3)59(7)48(67)45(66)44(65)36(62)16-13-19-55-41(63)18-21-61-34(28-58(6)54-5)25-33-15-12-20-56-47(33)61/h11-12,14-15,17,20,23-25,30-31,38-40,44-46,54,65-66,70H,13,16,18-19,21-22,26-28H2,1-10H3,(H,55,63)(H,57,69)/b17-11+,29-14+/t30-,31+,38+,39-,40+,44+,45+,46+,51-,52+/m1/s1. The molecule has 2 fully saturated rings. The van der Waals surface area contributed by atoms with Crippen LogP contribution >= 0.6 is 11.6 Å². The zero-order valence-electron chi connectivity index (χ0n) is 44.1. The van der Waals surface area contributed by atoms with Gasteiger partial charge in [-0.3, -0.25) is 29.9 Å². The number of carbonyl (C=O) groups excluding carboxylic acids is 6. The minimum Gasteiger partial charge on any atom is -0.495 e. The average molecular weight is 1070 g/mol. The second-order valence-electron chi connectivity index (χ2n) is 19.7. The van der Waals surface area contributed by atoms with Crippen LogP contribution in [-0.2, 0) is 62.4 Å². The molecule has 0 aliphatic carbocycles. The van der Waals surface area contributed by atoms with Crippen molar-refractivity contribution in [2.45, 2.75) is 133 Å². The summed E-state index contributed by atoms with van der Waals surface area (Å²) in [5, 5.41) is 41.9. The van der Waals surface area contributed by atoms with Crippen LogP contribution in [0.15, 0.2) is 60.3 Å². The maximum absolute atomic E-state index is 14.4. The number of benzene rings is 1. The van der Waals surface area contributed by atoms with Gasteiger partial charge in [-0.1, -0.05) is 42.3 Å². The van der Waals surface area contributed by atoms with Crippen LogP contribution in [0.2, 0.25) is 5.02 Å². The van der Waals surface area contributed by atoms with Crippen molar-refractivity contribution in [3.8, 4) is 5.75 Å². The Morgan fingerprint density at radius 2 is 1.84 bits per heavy atom. The van der Waals surface area contributed by atoms with Crippen LogP contribution < -0.4 is 25.7 Å². The van der Waals surface area contributed by atoms with Crippen LogP contribution in [-0.4, -0.2) is 173 Å². The quantitative estimate of drug-likeness (QED) is 0.0463. The number of epoxide rings is 1. The Hall–Kier alpha value is -5.98. The van der Waals surface area contributed by atoms with Crippen LogP contribution in [0.5, 0.6) is 5.75 Å². The number of allylic oxidation sites excluding steroid dienone is 3. The first-order valence-electron chi connectivity index (χ1n) is 24.8. The summed E-state index contributed by atoms with van der Waals surface area (Å²) in [7, 11) is 9.22. The first-order valence-corrected chi connectivity index (χ1v) is 25.2. The Balaban J connectivity index is 1.12. The van der Waals surface area contributed by atoms with Crippen LogP contribution in [0.4, 0.5) is 10.5 Å². The zero-order chi connectivity index (χ0) is 55.1. The van der Waals surface area contributed by atoms with Crippen LogP contribution in [0.3, 0.4) is 0 Å². The molecular formula is C52H71ClN8O14. The largest absolute Gasteiger partial charge is 0.495 e. The smallest absolute Gasteiger partial charge is 0.409 e. The molecular weight excluding hydrogens is 996 g/mol. The number of aliphatic hydroxyl groups excluding tert-OH is 2. The second-order valence-corrected chi connectivity index (χ2v) is 20.1. The number of methoxy groups -OCH3 is 2. The average Bonchev–Trinajstić information content (AvgIpc) is 3.96. The van der Waals surface area contributed by atoms with E-state index in [0.29, 0.717) is 30.9 Å². The SMILES string of the molecule is CNN(C)Cc1cc2cccnc2n1CCC(=O)NCCCC(=O)[C@H](O)[C@H](O)C(=O)N(C)[C@@H](C)C(=O)O[C@H]1CC(=O)N(C)c2cc(cc(OC)c2Cl)C/C(C)=C/C=C/[C@@H](OC)[C@@]2(O)C[C@H](OC(=O)N2)[C@@H](C)[C@@H]2O[C@]12C. The third kappa shape index (κ3) is 13.5. The first-order chi connectivity index (χ1) is 35.5. The van der Waals surface area contributed by atoms with Gasteiger partial charge in [0, 0.05) is 83.8 Å². The van der Waals surface area contributed by atoms with Crippen molar-refractivity contribution in [2.24, 2.45) is 5.92 Å². The predicted octanol–water partition coefficient (Wildman–Crippen LogP) is 2.71. The van der Waals surface area contributed by atoms with Gasteiger partial charge in [-0.15, -0.1) is 0 Å². The molecule has 5 heterocycles. The Labute approximate surface area is 441 Å². The number of nitrogens with zero attached hydrogens (tertiary/aromatic N) is 5. The summed E-state index contributed by atoms with van der Waals surface area (Å²) in [5.74, 6) is -4.26. The number of Topliss-reactive ketones (excluding diaryl/α,β-unsaturated/α-hetero) is 1. The summed E-state index contributed by atoms with van der Waals surface area (Å²) in [4.78, 5) is 87.6. The number of aryl methyl sites for hydroxylation is 1. The van der Waals surface area contributed by atoms with Gasteiger partial charge in [0.2, 0.25) is 11.8 Å². The number of pyridine rings is 1. The molecule has 0 saturated carbocycles. The highest BCUT2D eigenvalue weighted by Crippen LogP contribution is 2.49. The number of amides is 4. The van der Waals surface area contributed by atoms with E-state index in [1.54, 1.807) is 44.3 Å². The van der Waals surface area contributed by atoms with Crippen LogP contribution in [0.1, 0.15) is 71.1 Å². The number of nitrogens with one attached hydrogen (secondary N) is 3. The maximum Gasteiger partial charge on any atom is 0.409 e. The lowest BCUT2D eigenvalue weighted by Crippen LogP contribution is -2.63. The molecule has 0 radical (unpaired) electrons. The molecule has 6 rings (SSSR count). The fraction of sp³-hybridized carbons (Fsp3) is 0.558. The van der Waals surface area contributed by atoms with Crippen molar-refractivity contribution in [1.29, 1.82) is 0 Å². The van der Waals surface area contributed by atoms with E-state index in [1.165, 1.54) is 40.1 Å². The molecule has 3 aliphatic heterocycles. The number of likely N-dealkylation sites (N-methyl/N-ethyl adjacent to an activating group) is 1. The monoisotopic (exact) mass is 1070 g/mol. The Morgan fingerprint density at radius 1 is 1.11 bits per heavy atom. The van der Waals surface area contributed by atoms with Crippen molar-refractivity contribution >= 4 is 63.9 Å². The van der Waals surface area contributed by atoms with Gasteiger partial charge in [-0.25, -0.2) is 19.6 Å². The normalized spacial score (nSPS) is 26.4. The molecule has 3 aliphatic rings. The highest BCUT2D eigenvalue weighted by molar-refractivity contribution is 6.35. The van der Waals surface area contributed by atoms with Gasteiger partial charge >= 0.3 is 12.1 Å². The Morgan fingerprint density at radius 3 is 2.53 bits per heavy atom. The van der Waals surface area contributed by atoms with Crippen LogP contribution in [0, 0.1) is 5.92 Å². The number of hydrogen-bond acceptors (Lipinski definition) is 17. The van der Waals surface area contributed by atoms with E-state index in [-0.39, 0.29) is 43.2 Å². The third-order valence-corrected chi connectivity index (χ3v) is 14.7. The van der Waals surface area contributed by atoms with Gasteiger partial charge in [0.1, 0.15) is 52.5 Å². The summed E-state index contributed by atoms with van der Waals surface area (Å²) >= 11 is 6.80. The molecule has 10 atom stereocenters. The number of carbonyl (C=O) groups is 6. The summed E-state index contributed by atoms with van der Waals surface area (Å²) < 4.78 is 31.2. The molecule has 23 heteroatoms. The number of ketones is 1. The van der Waals surface area contributed by atoms with Crippen molar-refractivity contribution in [3.05, 3.63) is 76.6 Å². The minimum atomic E-state index is -2.27. The number of alkyl carbamates (subject to hydrolysis) is 1. The molecule has 4 bridgehead atoms. The number of rotatable bonds is 18. The van der Waals surface area contributed by atoms with E-state index in [4.69, 9.17) is 35.3 Å². The van der Waals surface area contributed by atoms with E-state index >= 15 is 0 Å². The van der Waals surface area contributed by atoms with Gasteiger partial charge < -0.3 is 58.7 Å². The number of fused-ring (bicyclic) bond motifs is 6. The predicted molar refractivity (Wildman–Crippen MR) is 275 cm³/mol. The molecule has 2 aromatic heterocycles. The highest BCUT2D eigenvalue weighted by Gasteiger charge is 2.64. The van der Waals surface area contributed by atoms with Gasteiger partial charge in [-0.2, -0.15) is 0 Å². The molecule has 0 unspecified atom stereocenters. The molecule has 6 N–H and O–H groups in total. The number of halogens is 1. The summed E-state index contributed by atoms with van der Waals surface area (Å²) in [6.07, 6.45) is -2.97. The lowest BCUT2D eigenvalue weighted by Gasteiger charge is -2.42. The molecule has 4 amide bonds. The molecule has 2 saturated heterocycles. The first kappa shape index (κ1) is 58.3. The Kier molecular flexibility index (Phi) is 19.3. The lowest BCUT2D eigenvalue weighted by molar-refractivity contribution is -0.165. The summed E-state index contributed by atoms with van der Waals surface area (Å²) in [6, 6.07) is 7.83. The number of anilines is 1. The number of ether oxygens (including phenoxy) is 5.